The monoisotopic (exact) mass is 389 g/mol. The fourth-order valence-electron chi connectivity index (χ4n) is 1.99. The van der Waals surface area contributed by atoms with E-state index in [-0.39, 0.29) is 6.04 Å². The van der Waals surface area contributed by atoms with E-state index in [1.54, 1.807) is 17.4 Å². The van der Waals surface area contributed by atoms with Gasteiger partial charge in [0.2, 0.25) is 0 Å². The first-order valence-corrected chi connectivity index (χ1v) is 8.71. The standard InChI is InChI=1S/C15H17BrClNO2S/c1-3-19-12-7-9(11(17)8-13(12)20-4-2)14(18)15-10(16)5-6-21-15/h5-8,14H,3-4,18H2,1-2H3. The fourth-order valence-corrected chi connectivity index (χ4v) is 3.90. The molecule has 0 radical (unpaired) electrons. The maximum absolute atomic E-state index is 6.38. The molecule has 1 unspecified atom stereocenters. The zero-order valence-electron chi connectivity index (χ0n) is 11.9. The number of ether oxygens (including phenoxy) is 2. The number of hydrogen-bond acceptors (Lipinski definition) is 4. The van der Waals surface area contributed by atoms with E-state index in [4.69, 9.17) is 26.8 Å². The second-order valence-corrected chi connectivity index (χ2v) is 6.51. The lowest BCUT2D eigenvalue weighted by Crippen LogP contribution is -2.12. The van der Waals surface area contributed by atoms with E-state index in [1.807, 2.05) is 31.4 Å². The van der Waals surface area contributed by atoms with Crippen LogP contribution < -0.4 is 15.2 Å². The van der Waals surface area contributed by atoms with Gasteiger partial charge in [-0.15, -0.1) is 11.3 Å². The van der Waals surface area contributed by atoms with Crippen LogP contribution in [0, 0.1) is 0 Å². The number of halogens is 2. The number of benzene rings is 1. The van der Waals surface area contributed by atoms with Crippen molar-refractivity contribution in [1.82, 2.24) is 0 Å². The van der Waals surface area contributed by atoms with E-state index < -0.39 is 0 Å². The molecule has 2 aromatic rings. The first-order valence-electron chi connectivity index (χ1n) is 6.65. The highest BCUT2D eigenvalue weighted by Crippen LogP contribution is 2.40. The van der Waals surface area contributed by atoms with Crippen molar-refractivity contribution >= 4 is 38.9 Å². The number of rotatable bonds is 6. The van der Waals surface area contributed by atoms with Crippen molar-refractivity contribution < 1.29 is 9.47 Å². The average molecular weight is 391 g/mol. The Bertz CT molecular complexity index is 618. The third kappa shape index (κ3) is 3.72. The average Bonchev–Trinajstić information content (AvgIpc) is 2.87. The summed E-state index contributed by atoms with van der Waals surface area (Å²) in [6.07, 6.45) is 0. The Morgan fingerprint density at radius 3 is 2.38 bits per heavy atom. The molecule has 0 saturated heterocycles. The van der Waals surface area contributed by atoms with Gasteiger partial charge in [-0.25, -0.2) is 0 Å². The molecule has 0 fully saturated rings. The molecule has 2 N–H and O–H groups in total. The van der Waals surface area contributed by atoms with Crippen LogP contribution in [-0.2, 0) is 0 Å². The molecule has 1 aromatic heterocycles. The summed E-state index contributed by atoms with van der Waals surface area (Å²) in [6, 6.07) is 5.31. The number of thiophene rings is 1. The zero-order chi connectivity index (χ0) is 15.4. The van der Waals surface area contributed by atoms with E-state index in [9.17, 15) is 0 Å². The summed E-state index contributed by atoms with van der Waals surface area (Å²) in [5, 5.41) is 2.57. The molecule has 1 aromatic carbocycles. The van der Waals surface area contributed by atoms with E-state index in [1.165, 1.54) is 0 Å². The first-order chi connectivity index (χ1) is 10.1. The number of nitrogens with two attached hydrogens (primary N) is 1. The van der Waals surface area contributed by atoms with Gasteiger partial charge in [0.1, 0.15) is 0 Å². The van der Waals surface area contributed by atoms with Crippen LogP contribution in [0.1, 0.15) is 30.3 Å². The van der Waals surface area contributed by atoms with Gasteiger partial charge in [0, 0.05) is 20.4 Å². The van der Waals surface area contributed by atoms with Gasteiger partial charge in [0.05, 0.1) is 19.3 Å². The van der Waals surface area contributed by atoms with Crippen LogP contribution in [0.3, 0.4) is 0 Å². The van der Waals surface area contributed by atoms with E-state index >= 15 is 0 Å². The van der Waals surface area contributed by atoms with Crippen LogP contribution in [0.2, 0.25) is 5.02 Å². The van der Waals surface area contributed by atoms with Crippen molar-refractivity contribution in [2.45, 2.75) is 19.9 Å². The first kappa shape index (κ1) is 16.6. The lowest BCUT2D eigenvalue weighted by Gasteiger charge is -2.17. The Kier molecular flexibility index (Phi) is 5.93. The minimum absolute atomic E-state index is 0.304. The predicted molar refractivity (Wildman–Crippen MR) is 91.8 cm³/mol. The Labute approximate surface area is 142 Å². The molecule has 0 saturated carbocycles. The van der Waals surface area contributed by atoms with Crippen molar-refractivity contribution in [3.63, 3.8) is 0 Å². The molecule has 3 nitrogen and oxygen atoms in total. The molecule has 21 heavy (non-hydrogen) atoms. The lowest BCUT2D eigenvalue weighted by molar-refractivity contribution is 0.287. The molecular formula is C15H17BrClNO2S. The highest BCUT2D eigenvalue weighted by atomic mass is 79.9. The quantitative estimate of drug-likeness (QED) is 0.754. The van der Waals surface area contributed by atoms with Crippen LogP contribution in [0.5, 0.6) is 11.5 Å². The number of hydrogen-bond donors (Lipinski definition) is 1. The molecule has 0 aliphatic carbocycles. The summed E-state index contributed by atoms with van der Waals surface area (Å²) in [6.45, 7) is 4.96. The highest BCUT2D eigenvalue weighted by Gasteiger charge is 2.20. The smallest absolute Gasteiger partial charge is 0.162 e. The van der Waals surface area contributed by atoms with Gasteiger partial charge in [0.15, 0.2) is 11.5 Å². The summed E-state index contributed by atoms with van der Waals surface area (Å²) in [7, 11) is 0. The minimum atomic E-state index is -0.304. The second kappa shape index (κ2) is 7.49. The van der Waals surface area contributed by atoms with Crippen molar-refractivity contribution in [2.24, 2.45) is 5.73 Å². The Morgan fingerprint density at radius 2 is 1.86 bits per heavy atom. The van der Waals surface area contributed by atoms with Crippen molar-refractivity contribution in [1.29, 1.82) is 0 Å². The van der Waals surface area contributed by atoms with Crippen LogP contribution in [-0.4, -0.2) is 13.2 Å². The normalized spacial score (nSPS) is 12.2. The van der Waals surface area contributed by atoms with Gasteiger partial charge in [-0.3, -0.25) is 0 Å². The second-order valence-electron chi connectivity index (χ2n) is 4.30. The van der Waals surface area contributed by atoms with Crippen LogP contribution >= 0.6 is 38.9 Å². The lowest BCUT2D eigenvalue weighted by atomic mass is 10.1. The Morgan fingerprint density at radius 1 is 1.24 bits per heavy atom. The summed E-state index contributed by atoms with van der Waals surface area (Å²) in [5.41, 5.74) is 7.18. The maximum Gasteiger partial charge on any atom is 0.162 e. The van der Waals surface area contributed by atoms with Crippen LogP contribution in [0.15, 0.2) is 28.1 Å². The molecule has 0 aliphatic heterocycles. The molecule has 0 aliphatic rings. The molecule has 1 heterocycles. The molecule has 0 bridgehead atoms. The molecule has 2 rings (SSSR count). The summed E-state index contributed by atoms with van der Waals surface area (Å²) in [4.78, 5) is 1.03. The van der Waals surface area contributed by atoms with Crippen molar-refractivity contribution in [3.05, 3.63) is 43.5 Å². The summed E-state index contributed by atoms with van der Waals surface area (Å²) >= 11 is 11.5. The molecular weight excluding hydrogens is 374 g/mol. The Hall–Kier alpha value is -0.750. The third-order valence-electron chi connectivity index (χ3n) is 2.93. The molecule has 1 atom stereocenters. The maximum atomic E-state index is 6.38. The molecule has 114 valence electrons. The molecule has 6 heteroatoms. The van der Waals surface area contributed by atoms with Gasteiger partial charge < -0.3 is 15.2 Å². The fraction of sp³-hybridized carbons (Fsp3) is 0.333. The van der Waals surface area contributed by atoms with E-state index in [0.717, 1.165) is 14.9 Å². The highest BCUT2D eigenvalue weighted by molar-refractivity contribution is 9.10. The van der Waals surface area contributed by atoms with Gasteiger partial charge in [-0.1, -0.05) is 11.6 Å². The van der Waals surface area contributed by atoms with Crippen molar-refractivity contribution in [2.75, 3.05) is 13.2 Å². The SMILES string of the molecule is CCOc1cc(Cl)c(C(N)c2sccc2Br)cc1OCC. The predicted octanol–water partition coefficient (Wildman–Crippen LogP) is 5.01. The minimum Gasteiger partial charge on any atom is -0.490 e. The summed E-state index contributed by atoms with van der Waals surface area (Å²) < 4.78 is 12.2. The van der Waals surface area contributed by atoms with Crippen LogP contribution in [0.25, 0.3) is 0 Å². The molecule has 0 amide bonds. The zero-order valence-corrected chi connectivity index (χ0v) is 15.0. The van der Waals surface area contributed by atoms with Gasteiger partial charge in [-0.05, 0) is 52.9 Å². The van der Waals surface area contributed by atoms with Gasteiger partial charge >= 0.3 is 0 Å². The summed E-state index contributed by atoms with van der Waals surface area (Å²) in [5.74, 6) is 1.31. The van der Waals surface area contributed by atoms with Gasteiger partial charge in [0.25, 0.3) is 0 Å². The van der Waals surface area contributed by atoms with E-state index in [0.29, 0.717) is 29.7 Å². The van der Waals surface area contributed by atoms with Gasteiger partial charge in [-0.2, -0.15) is 0 Å². The van der Waals surface area contributed by atoms with E-state index in [2.05, 4.69) is 15.9 Å². The topological polar surface area (TPSA) is 44.5 Å². The largest absolute Gasteiger partial charge is 0.490 e. The third-order valence-corrected chi connectivity index (χ3v) is 5.21. The molecule has 0 spiro atoms. The van der Waals surface area contributed by atoms with Crippen LogP contribution in [0.4, 0.5) is 0 Å². The Balaban J connectivity index is 2.44. The van der Waals surface area contributed by atoms with Crippen molar-refractivity contribution in [3.8, 4) is 11.5 Å².